The molecule has 31 heavy (non-hydrogen) atoms. The number of nitrogens with zero attached hydrogens (tertiary/aromatic N) is 2. The first-order valence-corrected chi connectivity index (χ1v) is 9.71. The maximum Gasteiger partial charge on any atom is 0.330 e. The van der Waals surface area contributed by atoms with Crippen LogP contribution in [-0.4, -0.2) is 66.5 Å². The molecule has 5 N–H and O–H groups in total. The predicted molar refractivity (Wildman–Crippen MR) is 109 cm³/mol. The van der Waals surface area contributed by atoms with E-state index in [0.717, 1.165) is 9.13 Å². The zero-order valence-electron chi connectivity index (χ0n) is 16.8. The first-order valence-electron chi connectivity index (χ1n) is 9.71. The number of carboxylic acids is 1. The van der Waals surface area contributed by atoms with Crippen LogP contribution in [-0.2, 0) is 23.1 Å². The maximum absolute atomic E-state index is 13.0. The van der Waals surface area contributed by atoms with Crippen LogP contribution >= 0.6 is 0 Å². The van der Waals surface area contributed by atoms with E-state index in [4.69, 9.17) is 4.74 Å². The normalized spacial score (nSPS) is 24.1. The highest BCUT2D eigenvalue weighted by molar-refractivity contribution is 5.77. The van der Waals surface area contributed by atoms with Gasteiger partial charge in [-0.2, -0.15) is 0 Å². The van der Waals surface area contributed by atoms with Crippen molar-refractivity contribution in [2.75, 3.05) is 11.9 Å². The Morgan fingerprint density at radius 1 is 1.19 bits per heavy atom. The number of aliphatic carboxylic acids is 1. The minimum absolute atomic E-state index is 0.0706. The Bertz CT molecular complexity index is 1030. The molecule has 2 aromatic rings. The highest BCUT2D eigenvalue weighted by Crippen LogP contribution is 2.31. The van der Waals surface area contributed by atoms with Gasteiger partial charge in [-0.3, -0.25) is 9.36 Å². The van der Waals surface area contributed by atoms with Crippen molar-refractivity contribution < 1.29 is 30.0 Å². The predicted octanol–water partition coefficient (Wildman–Crippen LogP) is -1.34. The molecule has 0 radical (unpaired) electrons. The van der Waals surface area contributed by atoms with Crippen molar-refractivity contribution in [3.63, 3.8) is 0 Å². The Hall–Kier alpha value is -2.99. The van der Waals surface area contributed by atoms with E-state index in [1.165, 1.54) is 13.2 Å². The summed E-state index contributed by atoms with van der Waals surface area (Å²) in [6, 6.07) is 7.61. The number of hydrogen-bond acceptors (Lipinski definition) is 8. The van der Waals surface area contributed by atoms with Gasteiger partial charge in [0.25, 0.3) is 5.56 Å². The van der Waals surface area contributed by atoms with Gasteiger partial charge in [-0.1, -0.05) is 18.2 Å². The molecule has 3 rings (SSSR count). The van der Waals surface area contributed by atoms with Gasteiger partial charge in [-0.05, 0) is 18.6 Å². The third kappa shape index (κ3) is 4.69. The molecule has 2 heterocycles. The number of aryl methyl sites for hydroxylation is 1. The molecular weight excluding hydrogens is 410 g/mol. The van der Waals surface area contributed by atoms with Crippen molar-refractivity contribution in [3.05, 3.63) is 62.9 Å². The van der Waals surface area contributed by atoms with Gasteiger partial charge >= 0.3 is 11.7 Å². The summed E-state index contributed by atoms with van der Waals surface area (Å²) in [5.74, 6) is -1.15. The largest absolute Gasteiger partial charge is 0.480 e. The lowest BCUT2D eigenvalue weighted by Crippen LogP contribution is -2.43. The number of benzene rings is 1. The van der Waals surface area contributed by atoms with E-state index < -0.39 is 54.3 Å². The van der Waals surface area contributed by atoms with Gasteiger partial charge < -0.3 is 35.0 Å². The number of anilines is 1. The molecule has 0 bridgehead atoms. The lowest BCUT2D eigenvalue weighted by molar-refractivity contribution is -0.138. The van der Waals surface area contributed by atoms with Crippen LogP contribution < -0.4 is 16.6 Å². The second-order valence-electron chi connectivity index (χ2n) is 7.38. The molecule has 168 valence electrons. The average molecular weight is 435 g/mol. The molecule has 0 spiro atoms. The zero-order chi connectivity index (χ0) is 22.7. The van der Waals surface area contributed by atoms with Crippen LogP contribution in [0.1, 0.15) is 18.1 Å². The van der Waals surface area contributed by atoms with Gasteiger partial charge in [0, 0.05) is 25.5 Å². The summed E-state index contributed by atoms with van der Waals surface area (Å²) in [5.41, 5.74) is -0.922. The number of aliphatic hydroxyl groups excluding tert-OH is 3. The molecule has 1 saturated heterocycles. The molecule has 11 nitrogen and oxygen atoms in total. The molecule has 1 aliphatic rings. The Labute approximate surface area is 176 Å². The minimum Gasteiger partial charge on any atom is -0.480 e. The molecule has 11 heteroatoms. The van der Waals surface area contributed by atoms with Crippen LogP contribution in [0.5, 0.6) is 0 Å². The summed E-state index contributed by atoms with van der Waals surface area (Å²) >= 11 is 0. The number of ether oxygens (including phenoxy) is 1. The summed E-state index contributed by atoms with van der Waals surface area (Å²) in [6.07, 6.45) is -4.04. The maximum atomic E-state index is 13.0. The fourth-order valence-corrected chi connectivity index (χ4v) is 3.55. The highest BCUT2D eigenvalue weighted by Gasteiger charge is 2.44. The molecular formula is C20H25N3O8. The van der Waals surface area contributed by atoms with E-state index in [1.54, 1.807) is 30.3 Å². The first-order chi connectivity index (χ1) is 14.7. The number of carbonyl (C=O) groups is 1. The Balaban J connectivity index is 1.87. The van der Waals surface area contributed by atoms with Crippen molar-refractivity contribution >= 4 is 11.7 Å². The molecule has 1 aliphatic heterocycles. The van der Waals surface area contributed by atoms with E-state index in [0.29, 0.717) is 5.69 Å². The zero-order valence-corrected chi connectivity index (χ0v) is 16.8. The van der Waals surface area contributed by atoms with Gasteiger partial charge in [0.15, 0.2) is 0 Å². The molecule has 1 unspecified atom stereocenters. The van der Waals surface area contributed by atoms with Crippen molar-refractivity contribution in [3.8, 4) is 0 Å². The first kappa shape index (κ1) is 22.7. The SMILES string of the molecule is Cn1cc([C@@H]2O[C@H](CO)[C@@H](O)[C@H]2O)c(=O)n(CCC(Nc2ccccc2)C(=O)O)c1=O. The van der Waals surface area contributed by atoms with E-state index in [1.807, 2.05) is 0 Å². The van der Waals surface area contributed by atoms with Crippen LogP contribution in [0.4, 0.5) is 5.69 Å². The van der Waals surface area contributed by atoms with Crippen molar-refractivity contribution in [2.45, 2.75) is 43.4 Å². The number of aliphatic hydroxyl groups is 3. The molecule has 1 aromatic heterocycles. The van der Waals surface area contributed by atoms with Crippen LogP contribution in [0.25, 0.3) is 0 Å². The number of aromatic nitrogens is 2. The van der Waals surface area contributed by atoms with E-state index in [2.05, 4.69) is 5.32 Å². The standard InChI is InChI=1S/C20H25N3O8/c1-22-9-12(17-16(26)15(25)14(10-24)31-17)18(27)23(20(22)30)8-7-13(19(28)29)21-11-5-3-2-4-6-11/h2-6,9,13-17,21,24-26H,7-8,10H2,1H3,(H,28,29)/t13?,14-,15-,16-,17+/m1/s1. The van der Waals surface area contributed by atoms with Gasteiger partial charge in [-0.15, -0.1) is 0 Å². The number of carboxylic acid groups (broad SMARTS) is 1. The van der Waals surface area contributed by atoms with E-state index in [9.17, 15) is 34.8 Å². The van der Waals surface area contributed by atoms with Crippen molar-refractivity contribution in [2.24, 2.45) is 7.05 Å². The summed E-state index contributed by atoms with van der Waals surface area (Å²) in [6.45, 7) is -0.759. The second kappa shape index (κ2) is 9.43. The number of para-hydroxylation sites is 1. The fraction of sp³-hybridized carbons (Fsp3) is 0.450. The van der Waals surface area contributed by atoms with Gasteiger partial charge in [-0.25, -0.2) is 9.59 Å². The molecule has 0 aliphatic carbocycles. The summed E-state index contributed by atoms with van der Waals surface area (Å²) < 4.78 is 7.39. The quantitative estimate of drug-likeness (QED) is 0.337. The van der Waals surface area contributed by atoms with Crippen LogP contribution in [0.3, 0.4) is 0 Å². The third-order valence-corrected chi connectivity index (χ3v) is 5.26. The summed E-state index contributed by atoms with van der Waals surface area (Å²) in [4.78, 5) is 37.1. The third-order valence-electron chi connectivity index (χ3n) is 5.26. The number of rotatable bonds is 8. The van der Waals surface area contributed by atoms with Crippen LogP contribution in [0.2, 0.25) is 0 Å². The van der Waals surface area contributed by atoms with Gasteiger partial charge in [0.05, 0.1) is 12.2 Å². The Morgan fingerprint density at radius 3 is 2.45 bits per heavy atom. The molecule has 1 aromatic carbocycles. The minimum atomic E-state index is -1.47. The highest BCUT2D eigenvalue weighted by atomic mass is 16.6. The lowest BCUT2D eigenvalue weighted by Gasteiger charge is -2.19. The Morgan fingerprint density at radius 2 is 1.87 bits per heavy atom. The monoisotopic (exact) mass is 435 g/mol. The fourth-order valence-electron chi connectivity index (χ4n) is 3.55. The lowest BCUT2D eigenvalue weighted by atomic mass is 10.0. The number of hydrogen-bond donors (Lipinski definition) is 5. The van der Waals surface area contributed by atoms with E-state index in [-0.39, 0.29) is 18.5 Å². The van der Waals surface area contributed by atoms with Crippen LogP contribution in [0.15, 0.2) is 46.1 Å². The molecule has 0 saturated carbocycles. The van der Waals surface area contributed by atoms with Gasteiger partial charge in [0.1, 0.15) is 30.5 Å². The average Bonchev–Trinajstić information content (AvgIpc) is 3.04. The van der Waals surface area contributed by atoms with E-state index >= 15 is 0 Å². The number of nitrogens with one attached hydrogen (secondary N) is 1. The molecule has 0 amide bonds. The van der Waals surface area contributed by atoms with Crippen LogP contribution in [0, 0.1) is 0 Å². The van der Waals surface area contributed by atoms with Crippen molar-refractivity contribution in [1.29, 1.82) is 0 Å². The summed E-state index contributed by atoms with van der Waals surface area (Å²) in [7, 11) is 1.40. The van der Waals surface area contributed by atoms with Gasteiger partial charge in [0.2, 0.25) is 0 Å². The summed E-state index contributed by atoms with van der Waals surface area (Å²) in [5, 5.41) is 41.8. The Kier molecular flexibility index (Phi) is 6.91. The topological polar surface area (TPSA) is 163 Å². The smallest absolute Gasteiger partial charge is 0.330 e. The van der Waals surface area contributed by atoms with Crippen molar-refractivity contribution in [1.82, 2.24) is 9.13 Å². The molecule has 1 fully saturated rings. The second-order valence-corrected chi connectivity index (χ2v) is 7.38. The molecule has 5 atom stereocenters.